The Morgan fingerprint density at radius 1 is 1.56 bits per heavy atom. The van der Waals surface area contributed by atoms with Crippen LogP contribution >= 0.6 is 15.9 Å². The summed E-state index contributed by atoms with van der Waals surface area (Å²) in [5.41, 5.74) is 6.59. The Hall–Kier alpha value is -0.980. The molecule has 1 aliphatic rings. The molecule has 2 N–H and O–H groups in total. The Morgan fingerprint density at radius 3 is 2.94 bits per heavy atom. The number of hydrogen-bond acceptors (Lipinski definition) is 4. The molecule has 0 aromatic heterocycles. The van der Waals surface area contributed by atoms with E-state index in [4.69, 9.17) is 5.73 Å². The van der Waals surface area contributed by atoms with Crippen molar-refractivity contribution < 1.29 is 4.92 Å². The highest BCUT2D eigenvalue weighted by Crippen LogP contribution is 2.26. The van der Waals surface area contributed by atoms with Crippen LogP contribution in [0, 0.1) is 16.0 Å². The molecule has 18 heavy (non-hydrogen) atoms. The molecule has 1 aliphatic heterocycles. The predicted octanol–water partition coefficient (Wildman–Crippen LogP) is 2.14. The van der Waals surface area contributed by atoms with Crippen LogP contribution in [0.4, 0.5) is 5.69 Å². The van der Waals surface area contributed by atoms with E-state index in [1.165, 1.54) is 0 Å². The van der Waals surface area contributed by atoms with Gasteiger partial charge in [-0.3, -0.25) is 15.0 Å². The zero-order chi connectivity index (χ0) is 13.1. The average Bonchev–Trinajstić information content (AvgIpc) is 2.79. The second-order valence-corrected chi connectivity index (χ2v) is 5.57. The molecule has 1 aromatic rings. The first-order chi connectivity index (χ1) is 8.60. The van der Waals surface area contributed by atoms with Gasteiger partial charge >= 0.3 is 0 Å². The largest absolute Gasteiger partial charge is 0.330 e. The molecular formula is C12H16BrN3O2. The molecule has 1 fully saturated rings. The fourth-order valence-electron chi connectivity index (χ4n) is 2.33. The van der Waals surface area contributed by atoms with Crippen molar-refractivity contribution >= 4 is 21.6 Å². The highest BCUT2D eigenvalue weighted by Gasteiger charge is 2.23. The van der Waals surface area contributed by atoms with Crippen molar-refractivity contribution in [2.75, 3.05) is 19.6 Å². The van der Waals surface area contributed by atoms with Crippen LogP contribution in [0.5, 0.6) is 0 Å². The third kappa shape index (κ3) is 3.07. The Labute approximate surface area is 114 Å². The van der Waals surface area contributed by atoms with E-state index in [9.17, 15) is 10.1 Å². The van der Waals surface area contributed by atoms with E-state index in [1.807, 2.05) is 12.1 Å². The van der Waals surface area contributed by atoms with E-state index in [1.54, 1.807) is 6.07 Å². The first-order valence-corrected chi connectivity index (χ1v) is 6.74. The van der Waals surface area contributed by atoms with Gasteiger partial charge in [0.25, 0.3) is 5.69 Å². The number of nitrogens with zero attached hydrogens (tertiary/aromatic N) is 2. The minimum Gasteiger partial charge on any atom is -0.330 e. The second kappa shape index (κ2) is 5.77. The van der Waals surface area contributed by atoms with Crippen LogP contribution in [0.15, 0.2) is 22.7 Å². The van der Waals surface area contributed by atoms with E-state index < -0.39 is 0 Å². The normalized spacial score (nSPS) is 20.2. The lowest BCUT2D eigenvalue weighted by molar-refractivity contribution is -0.385. The smallest absolute Gasteiger partial charge is 0.275 e. The minimum absolute atomic E-state index is 0.181. The average molecular weight is 314 g/mol. The summed E-state index contributed by atoms with van der Waals surface area (Å²) >= 11 is 3.26. The lowest BCUT2D eigenvalue weighted by atomic mass is 10.1. The van der Waals surface area contributed by atoms with Gasteiger partial charge in [-0.25, -0.2) is 0 Å². The third-order valence-corrected chi connectivity index (χ3v) is 3.83. The minimum atomic E-state index is -0.323. The van der Waals surface area contributed by atoms with Crippen molar-refractivity contribution in [3.63, 3.8) is 0 Å². The molecule has 2 rings (SSSR count). The van der Waals surface area contributed by atoms with Gasteiger partial charge < -0.3 is 5.73 Å². The predicted molar refractivity (Wildman–Crippen MR) is 73.2 cm³/mol. The molecule has 5 nitrogen and oxygen atoms in total. The van der Waals surface area contributed by atoms with Crippen molar-refractivity contribution in [3.05, 3.63) is 38.3 Å². The summed E-state index contributed by atoms with van der Waals surface area (Å²) in [6, 6.07) is 5.22. The molecule has 6 heteroatoms. The maximum absolute atomic E-state index is 11.0. The number of likely N-dealkylation sites (tertiary alicyclic amines) is 1. The maximum atomic E-state index is 11.0. The molecule has 0 bridgehead atoms. The number of nitro groups is 1. The van der Waals surface area contributed by atoms with Crippen molar-refractivity contribution in [2.24, 2.45) is 11.7 Å². The van der Waals surface area contributed by atoms with Gasteiger partial charge in [-0.2, -0.15) is 0 Å². The van der Waals surface area contributed by atoms with E-state index in [0.29, 0.717) is 19.0 Å². The lowest BCUT2D eigenvalue weighted by Crippen LogP contribution is -2.23. The maximum Gasteiger partial charge on any atom is 0.275 e. The van der Waals surface area contributed by atoms with Crippen LogP contribution in [0.3, 0.4) is 0 Å². The molecular weight excluding hydrogens is 298 g/mol. The van der Waals surface area contributed by atoms with Gasteiger partial charge in [0.1, 0.15) is 0 Å². The zero-order valence-electron chi connectivity index (χ0n) is 10.0. The number of hydrogen-bond donors (Lipinski definition) is 1. The molecule has 0 amide bonds. The van der Waals surface area contributed by atoms with Crippen molar-refractivity contribution in [1.82, 2.24) is 4.90 Å². The van der Waals surface area contributed by atoms with Gasteiger partial charge in [0.15, 0.2) is 0 Å². The number of benzene rings is 1. The molecule has 0 saturated carbocycles. The molecule has 98 valence electrons. The van der Waals surface area contributed by atoms with Crippen molar-refractivity contribution in [1.29, 1.82) is 0 Å². The number of rotatable bonds is 4. The molecule has 1 aromatic carbocycles. The molecule has 0 spiro atoms. The SMILES string of the molecule is NCC1CCN(Cc2ccc(Br)cc2[N+](=O)[O-])C1. The number of nitrogens with two attached hydrogens (primary N) is 1. The molecule has 0 radical (unpaired) electrons. The first kappa shape index (κ1) is 13.5. The van der Waals surface area contributed by atoms with Gasteiger partial charge in [-0.05, 0) is 37.6 Å². The van der Waals surface area contributed by atoms with Crippen LogP contribution in [0.25, 0.3) is 0 Å². The summed E-state index contributed by atoms with van der Waals surface area (Å²) in [6.07, 6.45) is 1.08. The van der Waals surface area contributed by atoms with Crippen LogP contribution in [-0.4, -0.2) is 29.5 Å². The van der Waals surface area contributed by atoms with Crippen LogP contribution in [0.1, 0.15) is 12.0 Å². The first-order valence-electron chi connectivity index (χ1n) is 5.95. The molecule has 0 aliphatic carbocycles. The molecule has 1 unspecified atom stereocenters. The van der Waals surface area contributed by atoms with Crippen LogP contribution in [0.2, 0.25) is 0 Å². The summed E-state index contributed by atoms with van der Waals surface area (Å²) in [7, 11) is 0. The third-order valence-electron chi connectivity index (χ3n) is 3.34. The van der Waals surface area contributed by atoms with E-state index in [0.717, 1.165) is 29.5 Å². The highest BCUT2D eigenvalue weighted by atomic mass is 79.9. The summed E-state index contributed by atoms with van der Waals surface area (Å²) in [6.45, 7) is 3.22. The zero-order valence-corrected chi connectivity index (χ0v) is 11.6. The van der Waals surface area contributed by atoms with E-state index >= 15 is 0 Å². The van der Waals surface area contributed by atoms with Gasteiger partial charge in [-0.15, -0.1) is 0 Å². The Morgan fingerprint density at radius 2 is 2.33 bits per heavy atom. The van der Waals surface area contributed by atoms with Gasteiger partial charge in [0.05, 0.1) is 4.92 Å². The Bertz CT molecular complexity index is 453. The molecule has 1 atom stereocenters. The topological polar surface area (TPSA) is 72.4 Å². The standard InChI is InChI=1S/C12H16BrN3O2/c13-11-2-1-10(12(5-11)16(17)18)8-15-4-3-9(6-14)7-15/h1-2,5,9H,3-4,6-8,14H2. The lowest BCUT2D eigenvalue weighted by Gasteiger charge is -2.15. The van der Waals surface area contributed by atoms with Crippen LogP contribution < -0.4 is 5.73 Å². The van der Waals surface area contributed by atoms with E-state index in [2.05, 4.69) is 20.8 Å². The summed E-state index contributed by atoms with van der Waals surface area (Å²) in [5, 5.41) is 11.0. The quantitative estimate of drug-likeness (QED) is 0.682. The summed E-state index contributed by atoms with van der Waals surface area (Å²) in [4.78, 5) is 12.9. The van der Waals surface area contributed by atoms with Crippen molar-refractivity contribution in [2.45, 2.75) is 13.0 Å². The number of halogens is 1. The van der Waals surface area contributed by atoms with E-state index in [-0.39, 0.29) is 10.6 Å². The van der Waals surface area contributed by atoms with Crippen molar-refractivity contribution in [3.8, 4) is 0 Å². The highest BCUT2D eigenvalue weighted by molar-refractivity contribution is 9.10. The summed E-state index contributed by atoms with van der Waals surface area (Å²) < 4.78 is 0.735. The Kier molecular flexibility index (Phi) is 4.31. The van der Waals surface area contributed by atoms with Gasteiger partial charge in [0, 0.05) is 29.2 Å². The molecule has 1 heterocycles. The second-order valence-electron chi connectivity index (χ2n) is 4.66. The summed E-state index contributed by atoms with van der Waals surface area (Å²) in [5.74, 6) is 0.527. The number of nitro benzene ring substituents is 1. The fraction of sp³-hybridized carbons (Fsp3) is 0.500. The van der Waals surface area contributed by atoms with Crippen LogP contribution in [-0.2, 0) is 6.54 Å². The monoisotopic (exact) mass is 313 g/mol. The van der Waals surface area contributed by atoms with Gasteiger partial charge in [0.2, 0.25) is 0 Å². The van der Waals surface area contributed by atoms with Gasteiger partial charge in [-0.1, -0.05) is 15.9 Å². The molecule has 1 saturated heterocycles. The Balaban J connectivity index is 2.12. The fourth-order valence-corrected chi connectivity index (χ4v) is 2.68.